The summed E-state index contributed by atoms with van der Waals surface area (Å²) in [4.78, 5) is 2.57. The maximum absolute atomic E-state index is 5.56. The molecule has 0 aliphatic carbocycles. The second kappa shape index (κ2) is 9.89. The van der Waals surface area contributed by atoms with Gasteiger partial charge < -0.3 is 15.4 Å². The number of hydrogen-bond donors (Lipinski definition) is 2. The fraction of sp³-hybridized carbons (Fsp3) is 0.435. The quantitative estimate of drug-likeness (QED) is 0.683. The van der Waals surface area contributed by atoms with Gasteiger partial charge in [0.2, 0.25) is 0 Å². The van der Waals surface area contributed by atoms with E-state index in [1.807, 2.05) is 12.1 Å². The van der Waals surface area contributed by atoms with Crippen LogP contribution in [0.2, 0.25) is 0 Å². The average molecular weight is 398 g/mol. The van der Waals surface area contributed by atoms with Crippen LogP contribution in [0.1, 0.15) is 42.0 Å². The number of piperidine rings is 1. The van der Waals surface area contributed by atoms with E-state index in [1.54, 1.807) is 7.11 Å². The maximum Gasteiger partial charge on any atom is 0.170 e. The number of aryl methyl sites for hydroxylation is 2. The van der Waals surface area contributed by atoms with Gasteiger partial charge in [-0.05, 0) is 93.0 Å². The Morgan fingerprint density at radius 1 is 1.04 bits per heavy atom. The van der Waals surface area contributed by atoms with Crippen LogP contribution in [0.5, 0.6) is 5.75 Å². The molecule has 2 aromatic carbocycles. The normalized spacial score (nSPS) is 15.7. The van der Waals surface area contributed by atoms with Crippen molar-refractivity contribution in [2.24, 2.45) is 0 Å². The van der Waals surface area contributed by atoms with Gasteiger partial charge in [0.05, 0.1) is 13.2 Å². The van der Waals surface area contributed by atoms with Crippen molar-refractivity contribution in [1.29, 1.82) is 0 Å². The van der Waals surface area contributed by atoms with E-state index in [1.165, 1.54) is 36.0 Å². The summed E-state index contributed by atoms with van der Waals surface area (Å²) >= 11 is 5.56. The molecular formula is C23H31N3OS. The van der Waals surface area contributed by atoms with Gasteiger partial charge in [-0.1, -0.05) is 24.6 Å². The summed E-state index contributed by atoms with van der Waals surface area (Å²) in [6, 6.07) is 15.0. The molecule has 0 amide bonds. The number of ether oxygens (including phenoxy) is 1. The van der Waals surface area contributed by atoms with Crippen LogP contribution in [0.3, 0.4) is 0 Å². The van der Waals surface area contributed by atoms with Crippen LogP contribution in [0.25, 0.3) is 0 Å². The van der Waals surface area contributed by atoms with Crippen molar-refractivity contribution >= 4 is 23.0 Å². The number of nitrogens with zero attached hydrogens (tertiary/aromatic N) is 1. The van der Waals surface area contributed by atoms with Crippen molar-refractivity contribution in [3.8, 4) is 5.75 Å². The van der Waals surface area contributed by atoms with Crippen LogP contribution in [0, 0.1) is 13.8 Å². The smallest absolute Gasteiger partial charge is 0.170 e. The van der Waals surface area contributed by atoms with E-state index in [4.69, 9.17) is 17.0 Å². The van der Waals surface area contributed by atoms with E-state index in [-0.39, 0.29) is 0 Å². The first kappa shape index (κ1) is 20.6. The Kier molecular flexibility index (Phi) is 7.29. The minimum atomic E-state index is 0.297. The highest BCUT2D eigenvalue weighted by Gasteiger charge is 2.22. The summed E-state index contributed by atoms with van der Waals surface area (Å²) in [5.41, 5.74) is 4.87. The molecule has 5 heteroatoms. The summed E-state index contributed by atoms with van der Waals surface area (Å²) in [6.45, 7) is 7.29. The molecule has 3 rings (SSSR count). The Hall–Kier alpha value is -2.11. The first-order chi connectivity index (χ1) is 13.6. The second-order valence-corrected chi connectivity index (χ2v) is 7.93. The van der Waals surface area contributed by atoms with Crippen molar-refractivity contribution in [2.75, 3.05) is 32.1 Å². The largest absolute Gasteiger partial charge is 0.497 e. The van der Waals surface area contributed by atoms with E-state index in [2.05, 4.69) is 59.7 Å². The van der Waals surface area contributed by atoms with Crippen molar-refractivity contribution in [1.82, 2.24) is 10.2 Å². The van der Waals surface area contributed by atoms with Crippen LogP contribution < -0.4 is 15.4 Å². The SMILES string of the molecule is COc1ccc([C@H](CNC(=S)Nc2ccc(C)c(C)c2)N2CCCCC2)cc1. The van der Waals surface area contributed by atoms with Gasteiger partial charge in [0.1, 0.15) is 5.75 Å². The van der Waals surface area contributed by atoms with Gasteiger partial charge in [0.15, 0.2) is 5.11 Å². The van der Waals surface area contributed by atoms with Gasteiger partial charge in [-0.3, -0.25) is 4.90 Å². The fourth-order valence-corrected chi connectivity index (χ4v) is 3.90. The van der Waals surface area contributed by atoms with Gasteiger partial charge in [-0.15, -0.1) is 0 Å². The van der Waals surface area contributed by atoms with E-state index >= 15 is 0 Å². The Morgan fingerprint density at radius 3 is 2.39 bits per heavy atom. The van der Waals surface area contributed by atoms with Crippen molar-refractivity contribution in [2.45, 2.75) is 39.2 Å². The molecule has 0 saturated carbocycles. The highest BCUT2D eigenvalue weighted by Crippen LogP contribution is 2.26. The molecule has 1 saturated heterocycles. The summed E-state index contributed by atoms with van der Waals surface area (Å²) in [6.07, 6.45) is 3.85. The predicted molar refractivity (Wildman–Crippen MR) is 121 cm³/mol. The molecule has 0 aromatic heterocycles. The zero-order chi connectivity index (χ0) is 19.9. The van der Waals surface area contributed by atoms with Gasteiger partial charge in [-0.25, -0.2) is 0 Å². The number of anilines is 1. The molecule has 4 nitrogen and oxygen atoms in total. The summed E-state index contributed by atoms with van der Waals surface area (Å²) in [5.74, 6) is 0.890. The number of nitrogens with one attached hydrogen (secondary N) is 2. The maximum atomic E-state index is 5.56. The van der Waals surface area contributed by atoms with Crippen molar-refractivity contribution in [3.05, 3.63) is 59.2 Å². The lowest BCUT2D eigenvalue weighted by Crippen LogP contribution is -2.41. The van der Waals surface area contributed by atoms with Crippen LogP contribution in [0.15, 0.2) is 42.5 Å². The number of thiocarbonyl (C=S) groups is 1. The molecule has 2 N–H and O–H groups in total. The minimum absolute atomic E-state index is 0.297. The van der Waals surface area contributed by atoms with E-state index in [9.17, 15) is 0 Å². The standard InChI is InChI=1S/C23H31N3OS/c1-17-7-10-20(15-18(17)2)25-23(28)24-16-22(26-13-5-4-6-14-26)19-8-11-21(27-3)12-9-19/h7-12,15,22H,4-6,13-14,16H2,1-3H3,(H2,24,25,28)/t22-/m0/s1. The number of benzene rings is 2. The van der Waals surface area contributed by atoms with E-state index in [0.29, 0.717) is 11.2 Å². The highest BCUT2D eigenvalue weighted by molar-refractivity contribution is 7.80. The van der Waals surface area contributed by atoms with Crippen LogP contribution in [-0.4, -0.2) is 36.8 Å². The third-order valence-corrected chi connectivity index (χ3v) is 5.80. The summed E-state index contributed by atoms with van der Waals surface area (Å²) in [5, 5.41) is 7.42. The van der Waals surface area contributed by atoms with Crippen LogP contribution in [0.4, 0.5) is 5.69 Å². The lowest BCUT2D eigenvalue weighted by Gasteiger charge is -2.35. The molecule has 1 fully saturated rings. The zero-order valence-corrected chi connectivity index (χ0v) is 17.9. The molecule has 0 unspecified atom stereocenters. The van der Waals surface area contributed by atoms with Gasteiger partial charge in [0, 0.05) is 12.2 Å². The monoisotopic (exact) mass is 397 g/mol. The highest BCUT2D eigenvalue weighted by atomic mass is 32.1. The third kappa shape index (κ3) is 5.46. The first-order valence-corrected chi connectivity index (χ1v) is 10.5. The molecule has 0 bridgehead atoms. The van der Waals surface area contributed by atoms with Crippen molar-refractivity contribution in [3.63, 3.8) is 0 Å². The number of likely N-dealkylation sites (tertiary alicyclic amines) is 1. The number of hydrogen-bond acceptors (Lipinski definition) is 3. The Labute approximate surface area is 174 Å². The second-order valence-electron chi connectivity index (χ2n) is 7.52. The third-order valence-electron chi connectivity index (χ3n) is 5.55. The molecule has 150 valence electrons. The van der Waals surface area contributed by atoms with Crippen molar-refractivity contribution < 1.29 is 4.74 Å². The first-order valence-electron chi connectivity index (χ1n) is 10.1. The van der Waals surface area contributed by atoms with Gasteiger partial charge in [-0.2, -0.15) is 0 Å². The Morgan fingerprint density at radius 2 is 1.75 bits per heavy atom. The van der Waals surface area contributed by atoms with Gasteiger partial charge >= 0.3 is 0 Å². The lowest BCUT2D eigenvalue weighted by molar-refractivity contribution is 0.164. The van der Waals surface area contributed by atoms with Crippen LogP contribution >= 0.6 is 12.2 Å². The number of rotatable bonds is 6. The molecule has 1 atom stereocenters. The fourth-order valence-electron chi connectivity index (χ4n) is 3.70. The molecule has 2 aromatic rings. The summed E-state index contributed by atoms with van der Waals surface area (Å²) < 4.78 is 5.32. The van der Waals surface area contributed by atoms with Crippen LogP contribution in [-0.2, 0) is 0 Å². The molecule has 1 heterocycles. The van der Waals surface area contributed by atoms with Gasteiger partial charge in [0.25, 0.3) is 0 Å². The summed E-state index contributed by atoms with van der Waals surface area (Å²) in [7, 11) is 1.70. The zero-order valence-electron chi connectivity index (χ0n) is 17.1. The molecule has 1 aliphatic rings. The molecular weight excluding hydrogens is 366 g/mol. The molecule has 0 spiro atoms. The Balaban J connectivity index is 1.66. The molecule has 0 radical (unpaired) electrons. The lowest BCUT2D eigenvalue weighted by atomic mass is 10.0. The minimum Gasteiger partial charge on any atom is -0.497 e. The average Bonchev–Trinajstić information content (AvgIpc) is 2.72. The van der Waals surface area contributed by atoms with E-state index < -0.39 is 0 Å². The Bertz CT molecular complexity index is 785. The molecule has 1 aliphatic heterocycles. The molecule has 28 heavy (non-hydrogen) atoms. The number of methoxy groups -OCH3 is 1. The topological polar surface area (TPSA) is 36.5 Å². The van der Waals surface area contributed by atoms with E-state index in [0.717, 1.165) is 31.1 Å². The predicted octanol–water partition coefficient (Wildman–Crippen LogP) is 4.83.